The van der Waals surface area contributed by atoms with Gasteiger partial charge in [-0.15, -0.1) is 0 Å². The number of carbonyl (C=O) groups excluding carboxylic acids is 1. The van der Waals surface area contributed by atoms with Gasteiger partial charge in [-0.1, -0.05) is 41.4 Å². The van der Waals surface area contributed by atoms with Crippen LogP contribution in [-0.2, 0) is 6.61 Å². The summed E-state index contributed by atoms with van der Waals surface area (Å²) in [6.07, 6.45) is 6.25. The first-order valence-corrected chi connectivity index (χ1v) is 13.1. The van der Waals surface area contributed by atoms with E-state index in [1.54, 1.807) is 24.4 Å². The van der Waals surface area contributed by atoms with Gasteiger partial charge >= 0.3 is 0 Å². The minimum Gasteiger partial charge on any atom is -0.470 e. The number of nitrogen functional groups attached to an aromatic ring is 1. The highest BCUT2D eigenvalue weighted by atomic mass is 35.5. The van der Waals surface area contributed by atoms with E-state index in [-0.39, 0.29) is 24.2 Å². The number of amides is 1. The molecule has 188 valence electrons. The molecule has 0 unspecified atom stereocenters. The van der Waals surface area contributed by atoms with Crippen LogP contribution in [-0.4, -0.2) is 57.9 Å². The Labute approximate surface area is 221 Å². The normalized spacial score (nSPS) is 18.1. The monoisotopic (exact) mass is 525 g/mol. The molecule has 2 saturated heterocycles. The summed E-state index contributed by atoms with van der Waals surface area (Å²) in [5.74, 6) is 0.463. The predicted molar refractivity (Wildman–Crippen MR) is 142 cm³/mol. The van der Waals surface area contributed by atoms with Gasteiger partial charge in [0, 0.05) is 45.9 Å². The first-order valence-electron chi connectivity index (χ1n) is 12.3. The van der Waals surface area contributed by atoms with Gasteiger partial charge in [0.15, 0.2) is 5.82 Å². The molecule has 1 atom stereocenters. The molecule has 1 aromatic heterocycles. The maximum absolute atomic E-state index is 13.3. The number of anilines is 1. The van der Waals surface area contributed by atoms with Crippen LogP contribution >= 0.6 is 23.2 Å². The van der Waals surface area contributed by atoms with Gasteiger partial charge in [-0.25, -0.2) is 9.97 Å². The van der Waals surface area contributed by atoms with E-state index >= 15 is 0 Å². The number of aromatic nitrogens is 2. The van der Waals surface area contributed by atoms with Crippen molar-refractivity contribution in [3.63, 3.8) is 0 Å². The Morgan fingerprint density at radius 1 is 1.03 bits per heavy atom. The smallest absolute Gasteiger partial charge is 0.258 e. The number of nitrogens with two attached hydrogens (primary N) is 1. The van der Waals surface area contributed by atoms with Crippen molar-refractivity contribution in [1.29, 1.82) is 0 Å². The Morgan fingerprint density at radius 2 is 1.75 bits per heavy atom. The second kappa shape index (κ2) is 11.0. The van der Waals surface area contributed by atoms with Gasteiger partial charge in [0.1, 0.15) is 6.61 Å². The van der Waals surface area contributed by atoms with E-state index in [2.05, 4.69) is 14.9 Å². The molecule has 0 radical (unpaired) electrons. The molecule has 3 aromatic rings. The molecule has 2 aliphatic rings. The van der Waals surface area contributed by atoms with Gasteiger partial charge < -0.3 is 20.3 Å². The molecule has 2 N–H and O–H groups in total. The van der Waals surface area contributed by atoms with Gasteiger partial charge in [-0.3, -0.25) is 4.79 Å². The number of likely N-dealkylation sites (tertiary alicyclic amines) is 2. The fraction of sp³-hybridized carbons (Fsp3) is 0.370. The van der Waals surface area contributed by atoms with Crippen molar-refractivity contribution < 1.29 is 9.53 Å². The molecule has 0 aliphatic carbocycles. The molecule has 2 aromatic carbocycles. The van der Waals surface area contributed by atoms with Crippen molar-refractivity contribution in [2.45, 2.75) is 38.3 Å². The summed E-state index contributed by atoms with van der Waals surface area (Å²) in [6.45, 7) is 4.20. The maximum Gasteiger partial charge on any atom is 0.258 e. The maximum atomic E-state index is 13.3. The van der Waals surface area contributed by atoms with Crippen LogP contribution in [0.5, 0.6) is 5.88 Å². The topological polar surface area (TPSA) is 84.6 Å². The van der Waals surface area contributed by atoms with Crippen LogP contribution in [0.4, 0.5) is 5.82 Å². The van der Waals surface area contributed by atoms with Crippen LogP contribution in [0.3, 0.4) is 0 Å². The average Bonchev–Trinajstić information content (AvgIpc) is 3.57. The molecule has 0 spiro atoms. The summed E-state index contributed by atoms with van der Waals surface area (Å²) < 4.78 is 5.81. The number of hydrogen-bond donors (Lipinski definition) is 1. The Kier molecular flexibility index (Phi) is 7.60. The van der Waals surface area contributed by atoms with Crippen LogP contribution in [0, 0.1) is 0 Å². The number of nitrogens with zero attached hydrogens (tertiary/aromatic N) is 4. The average molecular weight is 526 g/mol. The number of benzene rings is 2. The lowest BCUT2D eigenvalue weighted by Crippen LogP contribution is -2.42. The van der Waals surface area contributed by atoms with Gasteiger partial charge in [0.25, 0.3) is 11.8 Å². The minimum atomic E-state index is 0.0901. The first kappa shape index (κ1) is 24.8. The SMILES string of the molecule is Nc1ncc(-c2ccc(C(=O)N3CCC[C@H]3CN3CCCC3)cc2)nc1OCc1c(Cl)cccc1Cl. The van der Waals surface area contributed by atoms with Crippen molar-refractivity contribution in [2.24, 2.45) is 0 Å². The zero-order valence-electron chi connectivity index (χ0n) is 20.0. The summed E-state index contributed by atoms with van der Waals surface area (Å²) in [5, 5.41) is 1.01. The van der Waals surface area contributed by atoms with E-state index in [0.29, 0.717) is 32.9 Å². The first-order chi connectivity index (χ1) is 17.5. The third-order valence-electron chi connectivity index (χ3n) is 6.92. The zero-order chi connectivity index (χ0) is 25.1. The molecule has 5 rings (SSSR count). The molecular formula is C27H29Cl2N5O2. The molecule has 0 bridgehead atoms. The zero-order valence-corrected chi connectivity index (χ0v) is 21.5. The third-order valence-corrected chi connectivity index (χ3v) is 7.62. The standard InChI is InChI=1S/C27H29Cl2N5O2/c28-22-6-3-7-23(29)21(22)17-36-26-25(30)31-15-24(32-26)18-8-10-19(11-9-18)27(35)34-14-4-5-20(34)16-33-12-1-2-13-33/h3,6-11,15,20H,1-2,4-5,12-14,16-17H2,(H2,30,31)/t20-/m0/s1. The highest BCUT2D eigenvalue weighted by Crippen LogP contribution is 2.29. The van der Waals surface area contributed by atoms with Gasteiger partial charge in [-0.05, 0) is 63.0 Å². The van der Waals surface area contributed by atoms with Crippen molar-refractivity contribution in [1.82, 2.24) is 19.8 Å². The van der Waals surface area contributed by atoms with Crippen molar-refractivity contribution in [2.75, 3.05) is 31.9 Å². The Balaban J connectivity index is 1.28. The minimum absolute atomic E-state index is 0.0901. The number of rotatable bonds is 7. The summed E-state index contributed by atoms with van der Waals surface area (Å²) in [4.78, 5) is 26.6. The number of hydrogen-bond acceptors (Lipinski definition) is 6. The molecule has 2 fully saturated rings. The second-order valence-electron chi connectivity index (χ2n) is 9.31. The van der Waals surface area contributed by atoms with E-state index in [1.165, 1.54) is 12.8 Å². The van der Waals surface area contributed by atoms with E-state index in [1.807, 2.05) is 29.2 Å². The Bertz CT molecular complexity index is 1210. The molecule has 0 saturated carbocycles. The molecule has 1 amide bonds. The van der Waals surface area contributed by atoms with E-state index in [0.717, 1.165) is 44.6 Å². The predicted octanol–water partition coefficient (Wildman–Crippen LogP) is 5.31. The molecule has 3 heterocycles. The van der Waals surface area contributed by atoms with Gasteiger partial charge in [0.05, 0.1) is 11.9 Å². The summed E-state index contributed by atoms with van der Waals surface area (Å²) in [6, 6.07) is 13.0. The molecule has 2 aliphatic heterocycles. The van der Waals surface area contributed by atoms with Crippen LogP contribution in [0.25, 0.3) is 11.3 Å². The van der Waals surface area contributed by atoms with Crippen LogP contribution in [0.1, 0.15) is 41.6 Å². The highest BCUT2D eigenvalue weighted by molar-refractivity contribution is 6.35. The van der Waals surface area contributed by atoms with Crippen molar-refractivity contribution in [3.05, 3.63) is 69.8 Å². The lowest BCUT2D eigenvalue weighted by molar-refractivity contribution is 0.0709. The van der Waals surface area contributed by atoms with E-state index in [9.17, 15) is 4.79 Å². The Hall–Kier alpha value is -2.87. The number of halogens is 2. The molecule has 36 heavy (non-hydrogen) atoms. The van der Waals surface area contributed by atoms with Crippen LogP contribution in [0.15, 0.2) is 48.7 Å². The van der Waals surface area contributed by atoms with Crippen molar-refractivity contribution in [3.8, 4) is 17.1 Å². The second-order valence-corrected chi connectivity index (χ2v) is 10.1. The summed E-state index contributed by atoms with van der Waals surface area (Å²) in [7, 11) is 0. The summed E-state index contributed by atoms with van der Waals surface area (Å²) >= 11 is 12.5. The highest BCUT2D eigenvalue weighted by Gasteiger charge is 2.31. The van der Waals surface area contributed by atoms with Gasteiger partial charge in [-0.2, -0.15) is 0 Å². The third kappa shape index (κ3) is 5.43. The van der Waals surface area contributed by atoms with Crippen LogP contribution < -0.4 is 10.5 Å². The Morgan fingerprint density at radius 3 is 2.47 bits per heavy atom. The lowest BCUT2D eigenvalue weighted by Gasteiger charge is -2.28. The number of carbonyl (C=O) groups is 1. The quantitative estimate of drug-likeness (QED) is 0.449. The van der Waals surface area contributed by atoms with E-state index in [4.69, 9.17) is 33.7 Å². The summed E-state index contributed by atoms with van der Waals surface area (Å²) in [5.41, 5.74) is 8.74. The molecular weight excluding hydrogens is 497 g/mol. The lowest BCUT2D eigenvalue weighted by atomic mass is 10.1. The fourth-order valence-electron chi connectivity index (χ4n) is 4.94. The van der Waals surface area contributed by atoms with E-state index < -0.39 is 0 Å². The number of ether oxygens (including phenoxy) is 1. The fourth-order valence-corrected chi connectivity index (χ4v) is 5.45. The molecule has 7 nitrogen and oxygen atoms in total. The molecule has 9 heteroatoms. The largest absolute Gasteiger partial charge is 0.470 e. The van der Waals surface area contributed by atoms with Crippen LogP contribution in [0.2, 0.25) is 10.0 Å². The van der Waals surface area contributed by atoms with Gasteiger partial charge in [0.2, 0.25) is 0 Å². The van der Waals surface area contributed by atoms with Crippen molar-refractivity contribution >= 4 is 34.9 Å².